The molecule has 0 aromatic heterocycles. The molecule has 28 heavy (non-hydrogen) atoms. The van der Waals surface area contributed by atoms with Crippen molar-refractivity contribution in [2.24, 2.45) is 0 Å². The Bertz CT molecular complexity index is 902. The Labute approximate surface area is 160 Å². The first-order chi connectivity index (χ1) is 13.2. The van der Waals surface area contributed by atoms with E-state index in [-0.39, 0.29) is 5.69 Å². The number of benzene rings is 2. The summed E-state index contributed by atoms with van der Waals surface area (Å²) in [5.74, 6) is -4.15. The maximum Gasteiger partial charge on any atom is 0.329 e. The Morgan fingerprint density at radius 2 is 1.71 bits per heavy atom. The van der Waals surface area contributed by atoms with Gasteiger partial charge < -0.3 is 15.4 Å². The Morgan fingerprint density at radius 3 is 2.36 bits per heavy atom. The molecule has 0 unspecified atom stereocenters. The van der Waals surface area contributed by atoms with Gasteiger partial charge in [0.05, 0.1) is 0 Å². The summed E-state index contributed by atoms with van der Waals surface area (Å²) >= 11 is 0. The first-order valence-electron chi connectivity index (χ1n) is 8.51. The molecule has 0 heterocycles. The molecule has 0 fully saturated rings. The van der Waals surface area contributed by atoms with Crippen LogP contribution in [0.1, 0.15) is 29.8 Å². The number of hydrogen-bond donors (Lipinski definition) is 2. The van der Waals surface area contributed by atoms with Gasteiger partial charge in [0.2, 0.25) is 0 Å². The second-order valence-corrected chi connectivity index (χ2v) is 6.26. The second-order valence-electron chi connectivity index (χ2n) is 6.26. The van der Waals surface area contributed by atoms with Crippen molar-refractivity contribution in [2.45, 2.75) is 32.9 Å². The van der Waals surface area contributed by atoms with Crippen LogP contribution < -0.4 is 10.6 Å². The van der Waals surface area contributed by atoms with Gasteiger partial charge in [-0.3, -0.25) is 9.59 Å². The number of halogens is 2. The number of carbonyl (C=O) groups is 3. The molecule has 0 aliphatic heterocycles. The highest BCUT2D eigenvalue weighted by molar-refractivity contribution is 5.98. The zero-order valence-corrected chi connectivity index (χ0v) is 15.6. The van der Waals surface area contributed by atoms with E-state index in [1.807, 2.05) is 13.0 Å². The molecule has 0 bridgehead atoms. The van der Waals surface area contributed by atoms with Gasteiger partial charge in [0.15, 0.2) is 17.7 Å². The van der Waals surface area contributed by atoms with E-state index >= 15 is 0 Å². The summed E-state index contributed by atoms with van der Waals surface area (Å²) in [7, 11) is 0. The molecule has 0 saturated carbocycles. The molecule has 2 aromatic rings. The number of amides is 2. The first-order valence-corrected chi connectivity index (χ1v) is 8.51. The molecule has 0 aliphatic rings. The lowest BCUT2D eigenvalue weighted by molar-refractivity contribution is -0.154. The third-order valence-corrected chi connectivity index (χ3v) is 3.83. The minimum absolute atomic E-state index is 0.0209. The van der Waals surface area contributed by atoms with E-state index in [1.165, 1.54) is 19.9 Å². The van der Waals surface area contributed by atoms with Gasteiger partial charge in [-0.1, -0.05) is 17.7 Å². The lowest BCUT2D eigenvalue weighted by Gasteiger charge is -2.17. The summed E-state index contributed by atoms with van der Waals surface area (Å²) in [6.07, 6.45) is -1.21. The maximum atomic E-state index is 13.2. The molecule has 2 N–H and O–H groups in total. The highest BCUT2D eigenvalue weighted by Crippen LogP contribution is 2.14. The van der Waals surface area contributed by atoms with Crippen LogP contribution in [0.15, 0.2) is 42.5 Å². The average molecular weight is 390 g/mol. The average Bonchev–Trinajstić information content (AvgIpc) is 2.64. The molecular formula is C20H20F2N2O4. The third kappa shape index (κ3) is 5.60. The van der Waals surface area contributed by atoms with Crippen LogP contribution in [0, 0.1) is 18.6 Å². The van der Waals surface area contributed by atoms with E-state index in [0.717, 1.165) is 17.7 Å². The summed E-state index contributed by atoms with van der Waals surface area (Å²) < 4.78 is 31.1. The fraction of sp³-hybridized carbons (Fsp3) is 0.250. The number of hydrogen-bond acceptors (Lipinski definition) is 4. The number of rotatable bonds is 6. The lowest BCUT2D eigenvalue weighted by atomic mass is 10.1. The van der Waals surface area contributed by atoms with Crippen molar-refractivity contribution in [1.29, 1.82) is 0 Å². The zero-order chi connectivity index (χ0) is 20.8. The van der Waals surface area contributed by atoms with Crippen molar-refractivity contribution in [1.82, 2.24) is 5.32 Å². The standard InChI is InChI=1S/C20H20F2N2O4/c1-11-5-4-6-14(9-11)19(26)23-12(2)20(27)28-13(3)18(25)24-15-7-8-16(21)17(22)10-15/h4-10,12-13H,1-3H3,(H,23,26)(H,24,25)/t12-,13+/m0/s1. The van der Waals surface area contributed by atoms with Crippen LogP contribution in [-0.4, -0.2) is 29.9 Å². The van der Waals surface area contributed by atoms with Gasteiger partial charge in [-0.2, -0.15) is 0 Å². The van der Waals surface area contributed by atoms with E-state index < -0.39 is 41.6 Å². The summed E-state index contributed by atoms with van der Waals surface area (Å²) in [6.45, 7) is 4.58. The molecule has 6 nitrogen and oxygen atoms in total. The fourth-order valence-corrected chi connectivity index (χ4v) is 2.27. The summed E-state index contributed by atoms with van der Waals surface area (Å²) in [4.78, 5) is 36.3. The van der Waals surface area contributed by atoms with Crippen molar-refractivity contribution >= 4 is 23.5 Å². The van der Waals surface area contributed by atoms with Crippen molar-refractivity contribution in [3.05, 3.63) is 65.2 Å². The van der Waals surface area contributed by atoms with E-state index in [1.54, 1.807) is 18.2 Å². The van der Waals surface area contributed by atoms with Crippen molar-refractivity contribution in [3.63, 3.8) is 0 Å². The number of esters is 1. The van der Waals surface area contributed by atoms with Gasteiger partial charge in [0, 0.05) is 17.3 Å². The molecule has 8 heteroatoms. The third-order valence-electron chi connectivity index (χ3n) is 3.83. The summed E-state index contributed by atoms with van der Waals surface area (Å²) in [5, 5.41) is 4.81. The van der Waals surface area contributed by atoms with Gasteiger partial charge in [0.1, 0.15) is 6.04 Å². The summed E-state index contributed by atoms with van der Waals surface area (Å²) in [5.41, 5.74) is 1.31. The first kappa shape index (κ1) is 21.0. The largest absolute Gasteiger partial charge is 0.451 e. The molecule has 0 saturated heterocycles. The molecule has 0 spiro atoms. The number of aryl methyl sites for hydroxylation is 1. The highest BCUT2D eigenvalue weighted by Gasteiger charge is 2.24. The van der Waals surface area contributed by atoms with Crippen LogP contribution in [0.3, 0.4) is 0 Å². The van der Waals surface area contributed by atoms with Crippen LogP contribution in [-0.2, 0) is 14.3 Å². The van der Waals surface area contributed by atoms with Crippen LogP contribution in [0.5, 0.6) is 0 Å². The molecule has 2 amide bonds. The molecular weight excluding hydrogens is 370 g/mol. The molecule has 148 valence electrons. The number of ether oxygens (including phenoxy) is 1. The smallest absolute Gasteiger partial charge is 0.329 e. The minimum Gasteiger partial charge on any atom is -0.451 e. The van der Waals surface area contributed by atoms with Crippen LogP contribution >= 0.6 is 0 Å². The highest BCUT2D eigenvalue weighted by atomic mass is 19.2. The lowest BCUT2D eigenvalue weighted by Crippen LogP contribution is -2.42. The van der Waals surface area contributed by atoms with Crippen molar-refractivity contribution in [2.75, 3.05) is 5.32 Å². The van der Waals surface area contributed by atoms with Crippen molar-refractivity contribution < 1.29 is 27.9 Å². The zero-order valence-electron chi connectivity index (χ0n) is 15.6. The number of anilines is 1. The van der Waals surface area contributed by atoms with Gasteiger partial charge in [-0.25, -0.2) is 13.6 Å². The molecule has 2 atom stereocenters. The fourth-order valence-electron chi connectivity index (χ4n) is 2.27. The maximum absolute atomic E-state index is 13.2. The molecule has 0 radical (unpaired) electrons. The van der Waals surface area contributed by atoms with E-state index in [4.69, 9.17) is 4.74 Å². The topological polar surface area (TPSA) is 84.5 Å². The van der Waals surface area contributed by atoms with Crippen LogP contribution in [0.25, 0.3) is 0 Å². The normalized spacial score (nSPS) is 12.6. The van der Waals surface area contributed by atoms with E-state index in [0.29, 0.717) is 5.56 Å². The van der Waals surface area contributed by atoms with Crippen LogP contribution in [0.4, 0.5) is 14.5 Å². The minimum atomic E-state index is -1.21. The van der Waals surface area contributed by atoms with Gasteiger partial charge in [-0.15, -0.1) is 0 Å². The predicted octanol–water partition coefficient (Wildman–Crippen LogP) is 2.96. The monoisotopic (exact) mass is 390 g/mol. The van der Waals surface area contributed by atoms with Gasteiger partial charge >= 0.3 is 5.97 Å². The second kappa shape index (κ2) is 9.07. The van der Waals surface area contributed by atoms with Gasteiger partial charge in [0.25, 0.3) is 11.8 Å². The SMILES string of the molecule is Cc1cccc(C(=O)N[C@@H](C)C(=O)O[C@H](C)C(=O)Nc2ccc(F)c(F)c2)c1. The number of nitrogens with one attached hydrogen (secondary N) is 2. The quantitative estimate of drug-likeness (QED) is 0.743. The number of carbonyl (C=O) groups excluding carboxylic acids is 3. The van der Waals surface area contributed by atoms with Crippen molar-refractivity contribution in [3.8, 4) is 0 Å². The van der Waals surface area contributed by atoms with Crippen LogP contribution in [0.2, 0.25) is 0 Å². The Hall–Kier alpha value is -3.29. The van der Waals surface area contributed by atoms with E-state index in [2.05, 4.69) is 10.6 Å². The molecule has 0 aliphatic carbocycles. The molecule has 2 aromatic carbocycles. The van der Waals surface area contributed by atoms with Gasteiger partial charge in [-0.05, 0) is 45.0 Å². The summed E-state index contributed by atoms with van der Waals surface area (Å²) in [6, 6.07) is 8.70. The Balaban J connectivity index is 1.90. The van der Waals surface area contributed by atoms with E-state index in [9.17, 15) is 23.2 Å². The Morgan fingerprint density at radius 1 is 1.00 bits per heavy atom. The Kier molecular flexibility index (Phi) is 6.81. The molecule has 2 rings (SSSR count). The predicted molar refractivity (Wildman–Crippen MR) is 98.6 cm³/mol.